The van der Waals surface area contributed by atoms with Gasteiger partial charge >= 0.3 is 23.9 Å². The molecule has 0 heterocycles. The second-order valence-electron chi connectivity index (χ2n) is 11.7. The molecule has 0 saturated heterocycles. The van der Waals surface area contributed by atoms with Crippen molar-refractivity contribution in [2.45, 2.75) is 32.6 Å². The smallest absolute Gasteiger partial charge is 0.354 e. The Morgan fingerprint density at radius 2 is 1.04 bits per heavy atom. The van der Waals surface area contributed by atoms with Gasteiger partial charge in [-0.1, -0.05) is 25.3 Å². The molecule has 0 radical (unpaired) electrons. The lowest BCUT2D eigenvalue weighted by atomic mass is 10.1. The lowest BCUT2D eigenvalue weighted by Crippen LogP contribution is -2.12. The first kappa shape index (κ1) is 44.1. The number of nitriles is 2. The molecule has 14 heteroatoms. The Morgan fingerprint density at radius 3 is 1.46 bits per heavy atom. The third kappa shape index (κ3) is 14.4. The van der Waals surface area contributed by atoms with Crippen LogP contribution in [0, 0.1) is 29.6 Å². The van der Waals surface area contributed by atoms with Crippen molar-refractivity contribution in [3.05, 3.63) is 108 Å². The summed E-state index contributed by atoms with van der Waals surface area (Å²) in [6, 6.07) is 17.7. The SMILES string of the molecule is C=CC(=O)OCCCCOc1ccc(/C=C(\C#N)C(=O)Oc2ccc(OC(=O)/C(C#N)=C/c3ccc(OCCCCOC(=O)C=C)c(OC)c3)c(C)c2)cc1OC. The highest BCUT2D eigenvalue weighted by molar-refractivity contribution is 6.00. The number of hydrogen-bond donors (Lipinski definition) is 0. The number of esters is 4. The van der Waals surface area contributed by atoms with Gasteiger partial charge in [0.25, 0.3) is 0 Å². The Balaban J connectivity index is 1.60. The second kappa shape index (κ2) is 23.5. The Kier molecular flexibility index (Phi) is 18.1. The van der Waals surface area contributed by atoms with E-state index in [9.17, 15) is 29.7 Å². The molecule has 57 heavy (non-hydrogen) atoms. The minimum Gasteiger partial charge on any atom is -0.493 e. The summed E-state index contributed by atoms with van der Waals surface area (Å²) in [4.78, 5) is 48.2. The molecule has 0 aliphatic heterocycles. The van der Waals surface area contributed by atoms with Crippen LogP contribution in [0.4, 0.5) is 0 Å². The van der Waals surface area contributed by atoms with Crippen molar-refractivity contribution in [2.75, 3.05) is 40.6 Å². The summed E-state index contributed by atoms with van der Waals surface area (Å²) in [7, 11) is 2.91. The Hall–Kier alpha value is -7.32. The van der Waals surface area contributed by atoms with Crippen LogP contribution in [0.5, 0.6) is 34.5 Å². The van der Waals surface area contributed by atoms with Crippen LogP contribution in [-0.4, -0.2) is 64.5 Å². The van der Waals surface area contributed by atoms with Crippen molar-refractivity contribution in [2.24, 2.45) is 0 Å². The molecule has 3 aromatic rings. The Morgan fingerprint density at radius 1 is 0.596 bits per heavy atom. The number of aryl methyl sites for hydroxylation is 1. The number of nitrogens with zero attached hydrogens (tertiary/aromatic N) is 2. The molecule has 296 valence electrons. The van der Waals surface area contributed by atoms with Gasteiger partial charge in [0, 0.05) is 12.2 Å². The van der Waals surface area contributed by atoms with Crippen LogP contribution in [0.3, 0.4) is 0 Å². The summed E-state index contributed by atoms with van der Waals surface area (Å²) in [6.45, 7) is 9.46. The molecule has 0 aromatic heterocycles. The standard InChI is InChI=1S/C43H42N2O12/c1-6-40(46)54-20-10-8-18-52-36-15-12-30(25-38(36)50-4)23-32(27-44)42(48)56-34-14-17-35(29(3)22-34)57-43(49)33(28-45)24-31-13-16-37(39(26-31)51-5)53-19-9-11-21-55-41(47)7-2/h6-7,12-17,22-26H,1-2,8-11,18-21H2,3-5H3/b32-23+,33-24+. The fraction of sp³-hybridized carbons (Fsp3) is 0.256. The Labute approximate surface area is 330 Å². The number of hydrogen-bond acceptors (Lipinski definition) is 14. The number of carbonyl (C=O) groups excluding carboxylic acids is 4. The van der Waals surface area contributed by atoms with Gasteiger partial charge in [0.2, 0.25) is 0 Å². The molecule has 14 nitrogen and oxygen atoms in total. The van der Waals surface area contributed by atoms with Gasteiger partial charge in [-0.3, -0.25) is 0 Å². The van der Waals surface area contributed by atoms with E-state index in [2.05, 4.69) is 13.2 Å². The van der Waals surface area contributed by atoms with E-state index in [1.807, 2.05) is 12.1 Å². The zero-order chi connectivity index (χ0) is 41.6. The van der Waals surface area contributed by atoms with Crippen LogP contribution in [0.25, 0.3) is 12.2 Å². The summed E-state index contributed by atoms with van der Waals surface area (Å²) in [5.74, 6) is -0.976. The maximum atomic E-state index is 13.0. The molecule has 0 fully saturated rings. The van der Waals surface area contributed by atoms with Gasteiger partial charge in [-0.15, -0.1) is 0 Å². The van der Waals surface area contributed by atoms with E-state index in [1.54, 1.807) is 43.3 Å². The second-order valence-corrected chi connectivity index (χ2v) is 11.7. The first-order valence-electron chi connectivity index (χ1n) is 17.5. The van der Waals surface area contributed by atoms with E-state index in [0.717, 1.165) is 12.2 Å². The molecule has 0 spiro atoms. The molecule has 0 aliphatic carbocycles. The number of unbranched alkanes of at least 4 members (excludes halogenated alkanes) is 2. The summed E-state index contributed by atoms with van der Waals surface area (Å²) >= 11 is 0. The molecule has 0 unspecified atom stereocenters. The van der Waals surface area contributed by atoms with Gasteiger partial charge in [0.15, 0.2) is 23.0 Å². The largest absolute Gasteiger partial charge is 0.493 e. The van der Waals surface area contributed by atoms with Gasteiger partial charge in [-0.2, -0.15) is 10.5 Å². The van der Waals surface area contributed by atoms with E-state index in [-0.39, 0.29) is 35.9 Å². The average Bonchev–Trinajstić information content (AvgIpc) is 3.22. The molecule has 0 aliphatic rings. The fourth-order valence-electron chi connectivity index (χ4n) is 4.75. The maximum Gasteiger partial charge on any atom is 0.354 e. The molecule has 3 rings (SSSR count). The van der Waals surface area contributed by atoms with Gasteiger partial charge in [0.1, 0.15) is 34.8 Å². The number of methoxy groups -OCH3 is 2. The minimum atomic E-state index is -0.925. The number of carbonyl (C=O) groups is 4. The highest BCUT2D eigenvalue weighted by Gasteiger charge is 2.18. The van der Waals surface area contributed by atoms with E-state index >= 15 is 0 Å². The monoisotopic (exact) mass is 778 g/mol. The zero-order valence-electron chi connectivity index (χ0n) is 31.9. The van der Waals surface area contributed by atoms with E-state index < -0.39 is 23.9 Å². The van der Waals surface area contributed by atoms with Crippen molar-refractivity contribution in [1.29, 1.82) is 10.5 Å². The number of ether oxygens (including phenoxy) is 8. The molecular formula is C43H42N2O12. The maximum absolute atomic E-state index is 13.0. The third-order valence-electron chi connectivity index (χ3n) is 7.65. The van der Waals surface area contributed by atoms with Crippen molar-refractivity contribution in [1.82, 2.24) is 0 Å². The van der Waals surface area contributed by atoms with Crippen LogP contribution in [-0.2, 0) is 28.7 Å². The van der Waals surface area contributed by atoms with Crippen molar-refractivity contribution in [3.8, 4) is 46.6 Å². The first-order chi connectivity index (χ1) is 27.5. The molecule has 0 amide bonds. The van der Waals surface area contributed by atoms with Crippen LogP contribution < -0.4 is 28.4 Å². The van der Waals surface area contributed by atoms with Crippen molar-refractivity contribution < 1.29 is 57.1 Å². The molecule has 0 N–H and O–H groups in total. The number of rotatable bonds is 22. The van der Waals surface area contributed by atoms with Crippen LogP contribution in [0.2, 0.25) is 0 Å². The predicted octanol–water partition coefficient (Wildman–Crippen LogP) is 6.81. The quantitative estimate of drug-likeness (QED) is 0.0340. The molecular weight excluding hydrogens is 736 g/mol. The zero-order valence-corrected chi connectivity index (χ0v) is 31.9. The number of benzene rings is 3. The topological polar surface area (TPSA) is 190 Å². The summed E-state index contributed by atoms with van der Waals surface area (Å²) in [6.07, 6.45) is 7.30. The fourth-order valence-corrected chi connectivity index (χ4v) is 4.75. The highest BCUT2D eigenvalue weighted by Crippen LogP contribution is 2.31. The van der Waals surface area contributed by atoms with E-state index in [0.29, 0.717) is 78.6 Å². The van der Waals surface area contributed by atoms with E-state index in [1.165, 1.54) is 44.6 Å². The van der Waals surface area contributed by atoms with Gasteiger partial charge in [-0.25, -0.2) is 19.2 Å². The third-order valence-corrected chi connectivity index (χ3v) is 7.65. The molecule has 0 atom stereocenters. The predicted molar refractivity (Wildman–Crippen MR) is 207 cm³/mol. The van der Waals surface area contributed by atoms with Crippen LogP contribution >= 0.6 is 0 Å². The lowest BCUT2D eigenvalue weighted by Gasteiger charge is -2.12. The molecule has 3 aromatic carbocycles. The Bertz CT molecular complexity index is 2090. The van der Waals surface area contributed by atoms with Crippen LogP contribution in [0.15, 0.2) is 91.1 Å². The minimum absolute atomic E-state index is 0.0839. The highest BCUT2D eigenvalue weighted by atomic mass is 16.6. The average molecular weight is 779 g/mol. The lowest BCUT2D eigenvalue weighted by molar-refractivity contribution is -0.138. The normalized spacial score (nSPS) is 10.8. The first-order valence-corrected chi connectivity index (χ1v) is 17.5. The summed E-state index contributed by atoms with van der Waals surface area (Å²) < 4.78 is 43.2. The molecule has 0 bridgehead atoms. The molecule has 0 saturated carbocycles. The van der Waals surface area contributed by atoms with Gasteiger partial charge in [-0.05, 0) is 104 Å². The van der Waals surface area contributed by atoms with Gasteiger partial charge in [0.05, 0.1) is 40.6 Å². The van der Waals surface area contributed by atoms with E-state index in [4.69, 9.17) is 37.9 Å². The van der Waals surface area contributed by atoms with Gasteiger partial charge < -0.3 is 37.9 Å². The van der Waals surface area contributed by atoms with Crippen molar-refractivity contribution in [3.63, 3.8) is 0 Å². The summed E-state index contributed by atoms with van der Waals surface area (Å²) in [5, 5.41) is 19.5. The summed E-state index contributed by atoms with van der Waals surface area (Å²) in [5.41, 5.74) is 0.775. The van der Waals surface area contributed by atoms with Crippen LogP contribution in [0.1, 0.15) is 42.4 Å². The van der Waals surface area contributed by atoms with Crippen molar-refractivity contribution >= 4 is 36.0 Å².